The lowest BCUT2D eigenvalue weighted by Gasteiger charge is -2.30. The molecular formula is C18H27ClN2O2. The van der Waals surface area contributed by atoms with E-state index >= 15 is 0 Å². The molecule has 2 bridgehead atoms. The fourth-order valence-corrected chi connectivity index (χ4v) is 4.00. The summed E-state index contributed by atoms with van der Waals surface area (Å²) in [4.78, 5) is 14.4. The minimum absolute atomic E-state index is 0. The number of likely N-dealkylation sites (N-methyl/N-ethyl adjacent to an activating group) is 1. The van der Waals surface area contributed by atoms with Crippen molar-refractivity contribution < 1.29 is 9.53 Å². The van der Waals surface area contributed by atoms with Crippen LogP contribution in [0.5, 0.6) is 5.75 Å². The SMILES string of the molecule is Cc1ccc(OCCN(C)C(=O)C2C3CCC(C3)C2N)cc1.Cl. The van der Waals surface area contributed by atoms with Gasteiger partial charge in [-0.15, -0.1) is 12.4 Å². The van der Waals surface area contributed by atoms with Gasteiger partial charge in [-0.3, -0.25) is 4.79 Å². The summed E-state index contributed by atoms with van der Waals surface area (Å²) < 4.78 is 5.71. The number of hydrogen-bond donors (Lipinski definition) is 1. The van der Waals surface area contributed by atoms with E-state index in [9.17, 15) is 4.79 Å². The standard InChI is InChI=1S/C18H26N2O2.ClH/c1-12-3-7-15(8-4-12)22-10-9-20(2)18(21)16-13-5-6-14(11-13)17(16)19;/h3-4,7-8,13-14,16-17H,5-6,9-11,19H2,1-2H3;1H. The van der Waals surface area contributed by atoms with E-state index in [1.165, 1.54) is 18.4 Å². The van der Waals surface area contributed by atoms with Gasteiger partial charge in [0, 0.05) is 13.1 Å². The largest absolute Gasteiger partial charge is 0.492 e. The first-order chi connectivity index (χ1) is 10.6. The topological polar surface area (TPSA) is 55.6 Å². The van der Waals surface area contributed by atoms with E-state index in [1.807, 2.05) is 31.3 Å². The quantitative estimate of drug-likeness (QED) is 0.898. The molecule has 2 fully saturated rings. The fourth-order valence-electron chi connectivity index (χ4n) is 4.00. The van der Waals surface area contributed by atoms with Crippen molar-refractivity contribution in [3.63, 3.8) is 0 Å². The molecule has 4 nitrogen and oxygen atoms in total. The van der Waals surface area contributed by atoms with E-state index in [-0.39, 0.29) is 30.3 Å². The summed E-state index contributed by atoms with van der Waals surface area (Å²) >= 11 is 0. The molecule has 2 aliphatic rings. The number of nitrogens with zero attached hydrogens (tertiary/aromatic N) is 1. The second-order valence-electron chi connectivity index (χ2n) is 6.86. The third kappa shape index (κ3) is 3.81. The van der Waals surface area contributed by atoms with Crippen LogP contribution in [0.25, 0.3) is 0 Å². The van der Waals surface area contributed by atoms with Crippen molar-refractivity contribution >= 4 is 18.3 Å². The minimum Gasteiger partial charge on any atom is -0.492 e. The Morgan fingerprint density at radius 3 is 2.52 bits per heavy atom. The van der Waals surface area contributed by atoms with Crippen LogP contribution in [-0.4, -0.2) is 37.0 Å². The highest BCUT2D eigenvalue weighted by Crippen LogP contribution is 2.48. The van der Waals surface area contributed by atoms with Crippen molar-refractivity contribution in [2.75, 3.05) is 20.2 Å². The van der Waals surface area contributed by atoms with E-state index in [0.717, 1.165) is 12.2 Å². The van der Waals surface area contributed by atoms with E-state index in [2.05, 4.69) is 6.92 Å². The lowest BCUT2D eigenvalue weighted by Crippen LogP contribution is -2.46. The van der Waals surface area contributed by atoms with Crippen LogP contribution in [0.15, 0.2) is 24.3 Å². The molecule has 0 aliphatic heterocycles. The molecule has 4 atom stereocenters. The summed E-state index contributed by atoms with van der Waals surface area (Å²) in [7, 11) is 1.86. The van der Waals surface area contributed by atoms with Crippen LogP contribution in [0.4, 0.5) is 0 Å². The van der Waals surface area contributed by atoms with Crippen molar-refractivity contribution in [3.8, 4) is 5.75 Å². The van der Waals surface area contributed by atoms with Gasteiger partial charge in [-0.25, -0.2) is 0 Å². The monoisotopic (exact) mass is 338 g/mol. The zero-order valence-corrected chi connectivity index (χ0v) is 14.7. The van der Waals surface area contributed by atoms with Crippen LogP contribution in [0, 0.1) is 24.7 Å². The van der Waals surface area contributed by atoms with Crippen molar-refractivity contribution in [1.82, 2.24) is 4.90 Å². The highest BCUT2D eigenvalue weighted by molar-refractivity contribution is 5.85. The Hall–Kier alpha value is -1.26. The molecule has 4 unspecified atom stereocenters. The summed E-state index contributed by atoms with van der Waals surface area (Å²) in [5.74, 6) is 2.16. The van der Waals surface area contributed by atoms with E-state index < -0.39 is 0 Å². The van der Waals surface area contributed by atoms with Crippen LogP contribution in [0.3, 0.4) is 0 Å². The molecule has 2 N–H and O–H groups in total. The van der Waals surface area contributed by atoms with Gasteiger partial charge in [0.2, 0.25) is 5.91 Å². The highest BCUT2D eigenvalue weighted by atomic mass is 35.5. The van der Waals surface area contributed by atoms with Gasteiger partial charge in [0.15, 0.2) is 0 Å². The van der Waals surface area contributed by atoms with Gasteiger partial charge in [0.1, 0.15) is 12.4 Å². The molecule has 128 valence electrons. The molecule has 0 saturated heterocycles. The predicted molar refractivity (Wildman–Crippen MR) is 93.9 cm³/mol. The fraction of sp³-hybridized carbons (Fsp3) is 0.611. The first kappa shape index (κ1) is 18.1. The van der Waals surface area contributed by atoms with Gasteiger partial charge in [0.05, 0.1) is 12.5 Å². The molecule has 1 aromatic carbocycles. The Bertz CT molecular complexity index is 532. The van der Waals surface area contributed by atoms with E-state index in [1.54, 1.807) is 4.90 Å². The maximum Gasteiger partial charge on any atom is 0.227 e. The van der Waals surface area contributed by atoms with E-state index in [0.29, 0.717) is 25.0 Å². The Kier molecular flexibility index (Phi) is 5.93. The molecule has 1 amide bonds. The van der Waals surface area contributed by atoms with Crippen LogP contribution in [0.1, 0.15) is 24.8 Å². The Labute approximate surface area is 144 Å². The van der Waals surface area contributed by atoms with Crippen molar-refractivity contribution in [3.05, 3.63) is 29.8 Å². The van der Waals surface area contributed by atoms with Gasteiger partial charge in [-0.1, -0.05) is 17.7 Å². The smallest absolute Gasteiger partial charge is 0.227 e. The maximum atomic E-state index is 12.6. The predicted octanol–water partition coefficient (Wildman–Crippen LogP) is 2.63. The van der Waals surface area contributed by atoms with Gasteiger partial charge < -0.3 is 15.4 Å². The van der Waals surface area contributed by atoms with Crippen LogP contribution < -0.4 is 10.5 Å². The lowest BCUT2D eigenvalue weighted by atomic mass is 9.84. The summed E-state index contributed by atoms with van der Waals surface area (Å²) in [5, 5.41) is 0. The number of hydrogen-bond acceptors (Lipinski definition) is 3. The van der Waals surface area contributed by atoms with Crippen molar-refractivity contribution in [2.45, 2.75) is 32.2 Å². The third-order valence-corrected chi connectivity index (χ3v) is 5.36. The third-order valence-electron chi connectivity index (χ3n) is 5.36. The maximum absolute atomic E-state index is 12.6. The van der Waals surface area contributed by atoms with Crippen LogP contribution >= 0.6 is 12.4 Å². The summed E-state index contributed by atoms with van der Waals surface area (Å²) in [5.41, 5.74) is 7.47. The molecule has 5 heteroatoms. The van der Waals surface area contributed by atoms with Gasteiger partial charge in [-0.05, 0) is 50.2 Å². The number of carbonyl (C=O) groups excluding carboxylic acids is 1. The molecule has 1 aromatic rings. The molecule has 0 radical (unpaired) electrons. The Morgan fingerprint density at radius 2 is 1.91 bits per heavy atom. The van der Waals surface area contributed by atoms with Gasteiger partial charge >= 0.3 is 0 Å². The first-order valence-corrected chi connectivity index (χ1v) is 8.26. The minimum atomic E-state index is 0. The molecule has 3 rings (SSSR count). The number of amides is 1. The molecular weight excluding hydrogens is 312 g/mol. The summed E-state index contributed by atoms with van der Waals surface area (Å²) in [6.07, 6.45) is 3.52. The van der Waals surface area contributed by atoms with Crippen LogP contribution in [-0.2, 0) is 4.79 Å². The van der Waals surface area contributed by atoms with Crippen LogP contribution in [0.2, 0.25) is 0 Å². The second kappa shape index (κ2) is 7.54. The second-order valence-corrected chi connectivity index (χ2v) is 6.86. The van der Waals surface area contributed by atoms with Gasteiger partial charge in [-0.2, -0.15) is 0 Å². The average Bonchev–Trinajstić information content (AvgIpc) is 3.09. The molecule has 2 aliphatic carbocycles. The number of halogens is 1. The van der Waals surface area contributed by atoms with E-state index in [4.69, 9.17) is 10.5 Å². The molecule has 0 spiro atoms. The van der Waals surface area contributed by atoms with Crippen molar-refractivity contribution in [2.24, 2.45) is 23.5 Å². The first-order valence-electron chi connectivity index (χ1n) is 8.26. The number of aryl methyl sites for hydroxylation is 1. The molecule has 0 aromatic heterocycles. The number of benzene rings is 1. The number of rotatable bonds is 5. The van der Waals surface area contributed by atoms with Crippen molar-refractivity contribution in [1.29, 1.82) is 0 Å². The molecule has 2 saturated carbocycles. The number of fused-ring (bicyclic) bond motifs is 2. The number of nitrogens with two attached hydrogens (primary N) is 1. The zero-order valence-electron chi connectivity index (χ0n) is 13.9. The summed E-state index contributed by atoms with van der Waals surface area (Å²) in [6, 6.07) is 8.04. The summed E-state index contributed by atoms with van der Waals surface area (Å²) in [6.45, 7) is 3.17. The lowest BCUT2D eigenvalue weighted by molar-refractivity contribution is -0.136. The zero-order chi connectivity index (χ0) is 15.7. The normalized spacial score (nSPS) is 28.3. The average molecular weight is 339 g/mol. The molecule has 0 heterocycles. The highest BCUT2D eigenvalue weighted by Gasteiger charge is 2.49. The number of ether oxygens (including phenoxy) is 1. The molecule has 23 heavy (non-hydrogen) atoms. The van der Waals surface area contributed by atoms with Gasteiger partial charge in [0.25, 0.3) is 0 Å². The Balaban J connectivity index is 0.00000192. The Morgan fingerprint density at radius 1 is 1.26 bits per heavy atom. The number of carbonyl (C=O) groups is 1.